The van der Waals surface area contributed by atoms with E-state index in [2.05, 4.69) is 10.4 Å². The maximum Gasteiger partial charge on any atom is 0.225 e. The SMILES string of the molecule is O=C(Cc1ccccc1O)NC(Cn1cccn1)c1ccccc1. The van der Waals surface area contributed by atoms with Gasteiger partial charge in [0.15, 0.2) is 0 Å². The van der Waals surface area contributed by atoms with E-state index in [4.69, 9.17) is 0 Å². The Morgan fingerprint density at radius 1 is 1.08 bits per heavy atom. The average molecular weight is 321 g/mol. The zero-order chi connectivity index (χ0) is 16.8. The third kappa shape index (κ3) is 4.01. The van der Waals surface area contributed by atoms with Gasteiger partial charge in [0.1, 0.15) is 5.75 Å². The highest BCUT2D eigenvalue weighted by Gasteiger charge is 2.16. The van der Waals surface area contributed by atoms with Gasteiger partial charge >= 0.3 is 0 Å². The average Bonchev–Trinajstić information content (AvgIpc) is 3.10. The number of carbonyl (C=O) groups is 1. The molecule has 0 aliphatic rings. The fraction of sp³-hybridized carbons (Fsp3) is 0.158. The third-order valence-electron chi connectivity index (χ3n) is 3.81. The predicted molar refractivity (Wildman–Crippen MR) is 91.4 cm³/mol. The molecule has 1 aromatic heterocycles. The van der Waals surface area contributed by atoms with E-state index in [9.17, 15) is 9.90 Å². The topological polar surface area (TPSA) is 67.2 Å². The van der Waals surface area contributed by atoms with Gasteiger partial charge in [-0.1, -0.05) is 48.5 Å². The van der Waals surface area contributed by atoms with E-state index >= 15 is 0 Å². The van der Waals surface area contributed by atoms with Crippen LogP contribution in [-0.4, -0.2) is 20.8 Å². The molecule has 5 heteroatoms. The van der Waals surface area contributed by atoms with Crippen molar-refractivity contribution in [3.8, 4) is 5.75 Å². The maximum atomic E-state index is 12.4. The van der Waals surface area contributed by atoms with Crippen LogP contribution in [0, 0.1) is 0 Å². The Labute approximate surface area is 140 Å². The van der Waals surface area contributed by atoms with Crippen LogP contribution in [0.2, 0.25) is 0 Å². The summed E-state index contributed by atoms with van der Waals surface area (Å²) in [6.45, 7) is 0.545. The fourth-order valence-electron chi connectivity index (χ4n) is 2.59. The lowest BCUT2D eigenvalue weighted by atomic mass is 10.1. The summed E-state index contributed by atoms with van der Waals surface area (Å²) in [5, 5.41) is 17.1. The van der Waals surface area contributed by atoms with Crippen LogP contribution in [0.3, 0.4) is 0 Å². The lowest BCUT2D eigenvalue weighted by molar-refractivity contribution is -0.121. The molecule has 0 spiro atoms. The molecule has 0 aliphatic carbocycles. The van der Waals surface area contributed by atoms with Crippen molar-refractivity contribution in [2.24, 2.45) is 0 Å². The molecule has 1 unspecified atom stereocenters. The predicted octanol–water partition coefficient (Wildman–Crippen LogP) is 2.69. The van der Waals surface area contributed by atoms with E-state index in [1.807, 2.05) is 42.6 Å². The molecule has 0 aliphatic heterocycles. The van der Waals surface area contributed by atoms with Crippen molar-refractivity contribution in [2.45, 2.75) is 19.0 Å². The van der Waals surface area contributed by atoms with Crippen LogP contribution < -0.4 is 5.32 Å². The number of aromatic hydroxyl groups is 1. The molecule has 0 fully saturated rings. The van der Waals surface area contributed by atoms with Crippen molar-refractivity contribution in [3.63, 3.8) is 0 Å². The molecule has 3 rings (SSSR count). The lowest BCUT2D eigenvalue weighted by Crippen LogP contribution is -2.32. The first-order valence-electron chi connectivity index (χ1n) is 7.81. The Balaban J connectivity index is 1.74. The largest absolute Gasteiger partial charge is 0.508 e. The number of aromatic nitrogens is 2. The molecule has 2 aromatic carbocycles. The summed E-state index contributed by atoms with van der Waals surface area (Å²) in [7, 11) is 0. The van der Waals surface area contributed by atoms with Gasteiger partial charge in [0.05, 0.1) is 19.0 Å². The lowest BCUT2D eigenvalue weighted by Gasteiger charge is -2.19. The molecule has 0 radical (unpaired) electrons. The summed E-state index contributed by atoms with van der Waals surface area (Å²) in [4.78, 5) is 12.4. The second-order valence-corrected chi connectivity index (χ2v) is 5.56. The second-order valence-electron chi connectivity index (χ2n) is 5.56. The maximum absolute atomic E-state index is 12.4. The molecule has 24 heavy (non-hydrogen) atoms. The van der Waals surface area contributed by atoms with Crippen LogP contribution in [0.4, 0.5) is 0 Å². The number of benzene rings is 2. The van der Waals surface area contributed by atoms with Crippen LogP contribution >= 0.6 is 0 Å². The number of amides is 1. The van der Waals surface area contributed by atoms with Crippen LogP contribution in [-0.2, 0) is 17.8 Å². The number of nitrogens with zero attached hydrogens (tertiary/aromatic N) is 2. The van der Waals surface area contributed by atoms with Gasteiger partial charge in [-0.15, -0.1) is 0 Å². The van der Waals surface area contributed by atoms with E-state index in [1.165, 1.54) is 0 Å². The minimum Gasteiger partial charge on any atom is -0.508 e. The zero-order valence-corrected chi connectivity index (χ0v) is 13.2. The number of para-hydroxylation sites is 1. The highest BCUT2D eigenvalue weighted by molar-refractivity contribution is 5.79. The van der Waals surface area contributed by atoms with Crippen LogP contribution in [0.1, 0.15) is 17.2 Å². The molecule has 1 amide bonds. The molecule has 122 valence electrons. The van der Waals surface area contributed by atoms with E-state index in [0.717, 1.165) is 5.56 Å². The number of hydrogen-bond donors (Lipinski definition) is 2. The minimum atomic E-state index is -0.190. The van der Waals surface area contributed by atoms with E-state index in [0.29, 0.717) is 12.1 Å². The van der Waals surface area contributed by atoms with Gasteiger partial charge in [-0.3, -0.25) is 9.48 Å². The first-order chi connectivity index (χ1) is 11.7. The highest BCUT2D eigenvalue weighted by Crippen LogP contribution is 2.18. The number of phenols is 1. The number of hydrogen-bond acceptors (Lipinski definition) is 3. The summed E-state index contributed by atoms with van der Waals surface area (Å²) in [6.07, 6.45) is 3.71. The quantitative estimate of drug-likeness (QED) is 0.733. The minimum absolute atomic E-state index is 0.134. The fourth-order valence-corrected chi connectivity index (χ4v) is 2.59. The number of rotatable bonds is 6. The van der Waals surface area contributed by atoms with E-state index in [-0.39, 0.29) is 24.1 Å². The van der Waals surface area contributed by atoms with E-state index < -0.39 is 0 Å². The Hall–Kier alpha value is -3.08. The van der Waals surface area contributed by atoms with Gasteiger partial charge in [-0.2, -0.15) is 5.10 Å². The number of carbonyl (C=O) groups excluding carboxylic acids is 1. The van der Waals surface area contributed by atoms with Crippen molar-refractivity contribution in [1.29, 1.82) is 0 Å². The molecular formula is C19H19N3O2. The van der Waals surface area contributed by atoms with Crippen molar-refractivity contribution >= 4 is 5.91 Å². The molecule has 0 saturated carbocycles. The zero-order valence-electron chi connectivity index (χ0n) is 13.2. The van der Waals surface area contributed by atoms with Crippen LogP contribution in [0.25, 0.3) is 0 Å². The van der Waals surface area contributed by atoms with Gasteiger partial charge in [0.25, 0.3) is 0 Å². The third-order valence-corrected chi connectivity index (χ3v) is 3.81. The van der Waals surface area contributed by atoms with Gasteiger partial charge in [-0.05, 0) is 17.7 Å². The molecule has 1 atom stereocenters. The number of nitrogens with one attached hydrogen (secondary N) is 1. The number of phenolic OH excluding ortho intramolecular Hbond substituents is 1. The summed E-state index contributed by atoms with van der Waals surface area (Å²) in [6, 6.07) is 18.3. The van der Waals surface area contributed by atoms with Crippen LogP contribution in [0.5, 0.6) is 5.75 Å². The van der Waals surface area contributed by atoms with E-state index in [1.54, 1.807) is 35.1 Å². The molecule has 0 saturated heterocycles. The van der Waals surface area contributed by atoms with Gasteiger partial charge in [0, 0.05) is 18.0 Å². The summed E-state index contributed by atoms with van der Waals surface area (Å²) in [5.74, 6) is -0.00602. The van der Waals surface area contributed by atoms with Crippen LogP contribution in [0.15, 0.2) is 73.1 Å². The summed E-state index contributed by atoms with van der Waals surface area (Å²) >= 11 is 0. The van der Waals surface area contributed by atoms with Crippen molar-refractivity contribution in [3.05, 3.63) is 84.2 Å². The highest BCUT2D eigenvalue weighted by atomic mass is 16.3. The van der Waals surface area contributed by atoms with Crippen molar-refractivity contribution < 1.29 is 9.90 Å². The Morgan fingerprint density at radius 2 is 1.83 bits per heavy atom. The summed E-state index contributed by atoms with van der Waals surface area (Å²) < 4.78 is 1.79. The van der Waals surface area contributed by atoms with Crippen molar-refractivity contribution in [1.82, 2.24) is 15.1 Å². The molecule has 1 heterocycles. The molecule has 2 N–H and O–H groups in total. The Morgan fingerprint density at radius 3 is 2.54 bits per heavy atom. The normalized spacial score (nSPS) is 11.8. The Kier molecular flexibility index (Phi) is 4.91. The monoisotopic (exact) mass is 321 g/mol. The first-order valence-corrected chi connectivity index (χ1v) is 7.81. The van der Waals surface area contributed by atoms with Crippen molar-refractivity contribution in [2.75, 3.05) is 0 Å². The van der Waals surface area contributed by atoms with Gasteiger partial charge in [0.2, 0.25) is 5.91 Å². The first kappa shape index (κ1) is 15.8. The van der Waals surface area contributed by atoms with Gasteiger partial charge in [-0.25, -0.2) is 0 Å². The second kappa shape index (κ2) is 7.46. The molecule has 3 aromatic rings. The Bertz CT molecular complexity index is 785. The summed E-state index contributed by atoms with van der Waals surface area (Å²) in [5.41, 5.74) is 1.62. The molecule has 0 bridgehead atoms. The van der Waals surface area contributed by atoms with Gasteiger partial charge < -0.3 is 10.4 Å². The smallest absolute Gasteiger partial charge is 0.225 e. The standard InChI is InChI=1S/C19H19N3O2/c23-18-10-5-4-9-16(18)13-19(24)21-17(14-22-12-6-11-20-22)15-7-2-1-3-8-15/h1-12,17,23H,13-14H2,(H,21,24). The molecular weight excluding hydrogens is 302 g/mol. The molecule has 5 nitrogen and oxygen atoms in total.